The van der Waals surface area contributed by atoms with E-state index in [-0.39, 0.29) is 6.61 Å². The quantitative estimate of drug-likeness (QED) is 0.179. The molecule has 1 aromatic rings. The lowest BCUT2D eigenvalue weighted by Gasteiger charge is -2.70. The van der Waals surface area contributed by atoms with Crippen LogP contribution in [0.15, 0.2) is 66.8 Å². The number of benzene rings is 1. The topological polar surface area (TPSA) is 152 Å². The Morgan fingerprint density at radius 2 is 1.65 bits per heavy atom. The van der Waals surface area contributed by atoms with E-state index in [9.17, 15) is 29.1 Å². The normalized spacial score (nSPS) is 36.4. The molecule has 11 nitrogen and oxygen atoms in total. The van der Waals surface area contributed by atoms with Crippen molar-refractivity contribution in [3.8, 4) is 0 Å². The van der Waals surface area contributed by atoms with Gasteiger partial charge in [0.1, 0.15) is 30.5 Å². The molecule has 2 fully saturated rings. The summed E-state index contributed by atoms with van der Waals surface area (Å²) < 4.78 is 30.3. The average Bonchev–Trinajstić information content (AvgIpc) is 3.25. The number of esters is 5. The number of carbonyl (C=O) groups excluding carboxylic acids is 5. The van der Waals surface area contributed by atoms with Gasteiger partial charge in [0.2, 0.25) is 0 Å². The zero-order valence-electron chi connectivity index (χ0n) is 32.8. The van der Waals surface area contributed by atoms with Gasteiger partial charge in [0.05, 0.1) is 5.41 Å². The number of carbonyl (C=O) groups is 5. The summed E-state index contributed by atoms with van der Waals surface area (Å²) in [6, 6.07) is 7.92. The third-order valence-corrected chi connectivity index (χ3v) is 12.8. The predicted molar refractivity (Wildman–Crippen MR) is 199 cm³/mol. The van der Waals surface area contributed by atoms with Gasteiger partial charge in [-0.2, -0.15) is 0 Å². The lowest BCUT2D eigenvalue weighted by atomic mass is 9.36. The van der Waals surface area contributed by atoms with E-state index in [1.165, 1.54) is 33.8 Å². The second kappa shape index (κ2) is 15.0. The van der Waals surface area contributed by atoms with Crippen molar-refractivity contribution >= 4 is 35.4 Å². The summed E-state index contributed by atoms with van der Waals surface area (Å²) in [5.74, 6) is -5.23. The molecule has 0 radical (unpaired) electrons. The van der Waals surface area contributed by atoms with Crippen LogP contribution in [0.2, 0.25) is 0 Å². The van der Waals surface area contributed by atoms with Crippen LogP contribution in [-0.4, -0.2) is 71.6 Å². The Kier molecular flexibility index (Phi) is 11.3. The summed E-state index contributed by atoms with van der Waals surface area (Å²) in [5.41, 5.74) is -1.70. The van der Waals surface area contributed by atoms with Crippen molar-refractivity contribution in [2.45, 2.75) is 112 Å². The van der Waals surface area contributed by atoms with E-state index in [0.717, 1.165) is 16.7 Å². The van der Waals surface area contributed by atoms with Crippen molar-refractivity contribution in [2.75, 3.05) is 6.61 Å². The number of ether oxygens (including phenoxy) is 5. The fraction of sp³-hybridized carbons (Fsp3) is 0.558. The van der Waals surface area contributed by atoms with E-state index in [2.05, 4.69) is 6.58 Å². The summed E-state index contributed by atoms with van der Waals surface area (Å²) in [7, 11) is 0. The van der Waals surface area contributed by atoms with Crippen LogP contribution in [0, 0.1) is 34.0 Å². The van der Waals surface area contributed by atoms with Crippen LogP contribution in [0.5, 0.6) is 0 Å². The van der Waals surface area contributed by atoms with Crippen LogP contribution in [0.3, 0.4) is 0 Å². The molecule has 0 spiro atoms. The first-order chi connectivity index (χ1) is 25.3. The molecule has 0 saturated heterocycles. The highest BCUT2D eigenvalue weighted by Gasteiger charge is 2.76. The lowest BCUT2D eigenvalue weighted by molar-refractivity contribution is -0.301. The van der Waals surface area contributed by atoms with Crippen LogP contribution in [-0.2, 0) is 54.1 Å². The van der Waals surface area contributed by atoms with Crippen LogP contribution in [0.25, 0.3) is 5.57 Å². The van der Waals surface area contributed by atoms with Crippen molar-refractivity contribution in [1.29, 1.82) is 0 Å². The summed E-state index contributed by atoms with van der Waals surface area (Å²) in [5, 5.41) is 13.2. The third kappa shape index (κ3) is 6.73. The van der Waals surface area contributed by atoms with Gasteiger partial charge < -0.3 is 28.8 Å². The van der Waals surface area contributed by atoms with Gasteiger partial charge in [-0.05, 0) is 85.8 Å². The molecule has 54 heavy (non-hydrogen) atoms. The minimum atomic E-state index is -1.58. The third-order valence-electron chi connectivity index (χ3n) is 12.8. The summed E-state index contributed by atoms with van der Waals surface area (Å²) >= 11 is 0. The fourth-order valence-corrected chi connectivity index (χ4v) is 10.9. The number of aliphatic hydroxyl groups is 1. The first-order valence-corrected chi connectivity index (χ1v) is 18.6. The zero-order chi connectivity index (χ0) is 40.0. The molecule has 1 aliphatic heterocycles. The predicted octanol–water partition coefficient (Wildman–Crippen LogP) is 6.02. The highest BCUT2D eigenvalue weighted by atomic mass is 16.6. The number of hydrogen-bond acceptors (Lipinski definition) is 11. The molecular weight excluding hydrogens is 692 g/mol. The smallest absolute Gasteiger partial charge is 0.330 e. The Labute approximate surface area is 317 Å². The molecule has 4 aliphatic rings. The number of allylic oxidation sites excluding steroid dienone is 3. The molecule has 3 aliphatic carbocycles. The highest BCUT2D eigenvalue weighted by Crippen LogP contribution is 2.72. The van der Waals surface area contributed by atoms with Gasteiger partial charge in [0.25, 0.3) is 0 Å². The van der Waals surface area contributed by atoms with Crippen molar-refractivity contribution in [1.82, 2.24) is 0 Å². The van der Waals surface area contributed by atoms with Crippen LogP contribution in [0.4, 0.5) is 0 Å². The van der Waals surface area contributed by atoms with E-state index >= 15 is 0 Å². The molecule has 0 bridgehead atoms. The monoisotopic (exact) mass is 746 g/mol. The van der Waals surface area contributed by atoms with Crippen molar-refractivity contribution < 1.29 is 52.8 Å². The number of rotatable bonds is 9. The van der Waals surface area contributed by atoms with E-state index < -0.39 is 93.9 Å². The molecular formula is C43H54O11. The largest absolute Gasteiger partial charge is 0.462 e. The lowest BCUT2D eigenvalue weighted by Crippen LogP contribution is -2.76. The molecule has 1 aromatic carbocycles. The van der Waals surface area contributed by atoms with Crippen molar-refractivity contribution in [3.05, 3.63) is 77.9 Å². The summed E-state index contributed by atoms with van der Waals surface area (Å²) in [4.78, 5) is 64.9. The fourth-order valence-electron chi connectivity index (χ4n) is 10.9. The maximum absolute atomic E-state index is 13.2. The van der Waals surface area contributed by atoms with Gasteiger partial charge in [0, 0.05) is 51.0 Å². The molecule has 292 valence electrons. The van der Waals surface area contributed by atoms with Crippen LogP contribution < -0.4 is 0 Å². The van der Waals surface area contributed by atoms with Crippen LogP contribution >= 0.6 is 0 Å². The molecule has 5 unspecified atom stereocenters. The first kappa shape index (κ1) is 40.7. The molecule has 5 rings (SSSR count). The van der Waals surface area contributed by atoms with E-state index in [1.807, 2.05) is 64.1 Å². The van der Waals surface area contributed by atoms with Gasteiger partial charge in [-0.15, -0.1) is 6.58 Å². The summed E-state index contributed by atoms with van der Waals surface area (Å²) in [6.45, 7) is 18.0. The Morgan fingerprint density at radius 3 is 2.26 bits per heavy atom. The standard InChI is InChI=1S/C43H54O11/c1-11-14-31-15-12-13-16-32(31)24(2)22-43(49)25(3)21-35(52-28(6)45)41(10)34(43)19-20-40(9)33-17-18-36(48)50-23-42(33,26(4)51-27(5)44)39(54-30(8)47)37(38(40)41)53-29(7)46/h11-13,15-18,21-22,26,33-35,37-39,49H,1,14,19-20,23H2,2-10H3/b24-22-/t26?,33?,34?,35-,37?,38?,39+,40+,41-,42-,43+/m1/s1. The first-order valence-electron chi connectivity index (χ1n) is 18.6. The van der Waals surface area contributed by atoms with Crippen molar-refractivity contribution in [3.63, 3.8) is 0 Å². The van der Waals surface area contributed by atoms with Gasteiger partial charge >= 0.3 is 29.8 Å². The Morgan fingerprint density at radius 1 is 1.00 bits per heavy atom. The summed E-state index contributed by atoms with van der Waals surface area (Å²) in [6.07, 6.45) is 5.50. The minimum absolute atomic E-state index is 0.321. The Bertz CT molecular complexity index is 1810. The van der Waals surface area contributed by atoms with Crippen molar-refractivity contribution in [2.24, 2.45) is 34.0 Å². The number of hydrogen-bond donors (Lipinski definition) is 1. The second-order valence-electron chi connectivity index (χ2n) is 16.0. The van der Waals surface area contributed by atoms with Crippen LogP contribution in [0.1, 0.15) is 86.3 Å². The van der Waals surface area contributed by atoms with E-state index in [0.29, 0.717) is 24.8 Å². The van der Waals surface area contributed by atoms with E-state index in [4.69, 9.17) is 23.7 Å². The maximum Gasteiger partial charge on any atom is 0.330 e. The molecule has 0 amide bonds. The number of fused-ring (bicyclic) bond motifs is 5. The zero-order valence-corrected chi connectivity index (χ0v) is 32.8. The Balaban J connectivity index is 1.84. The van der Waals surface area contributed by atoms with Gasteiger partial charge in [-0.1, -0.05) is 50.3 Å². The van der Waals surface area contributed by atoms with Gasteiger partial charge in [0.15, 0.2) is 6.10 Å². The SMILES string of the molecule is C=CCc1ccccc1/C(C)=C\[C@]1(O)C(C)=C[C@@H](OC(C)=O)[C@]2(C)C3C(OC(C)=O)[C@H](OC(C)=O)[C@@]4(C(C)OC(C)=O)COC(=O)C=CC4[C@]3(C)CCC21. The molecule has 11 heteroatoms. The average molecular weight is 747 g/mol. The highest BCUT2D eigenvalue weighted by molar-refractivity contribution is 5.82. The minimum Gasteiger partial charge on any atom is -0.462 e. The number of cyclic esters (lactones) is 1. The maximum atomic E-state index is 13.2. The molecule has 11 atom stereocenters. The Hall–Kier alpha value is -4.51. The molecule has 2 saturated carbocycles. The van der Waals surface area contributed by atoms with Gasteiger partial charge in [-0.3, -0.25) is 19.2 Å². The van der Waals surface area contributed by atoms with E-state index in [1.54, 1.807) is 19.1 Å². The molecule has 1 N–H and O–H groups in total. The second-order valence-corrected chi connectivity index (χ2v) is 16.0. The molecule has 0 aromatic heterocycles. The van der Waals surface area contributed by atoms with Gasteiger partial charge in [-0.25, -0.2) is 4.79 Å². The molecule has 1 heterocycles.